The van der Waals surface area contributed by atoms with E-state index in [2.05, 4.69) is 10.4 Å². The molecule has 1 saturated carbocycles. The first-order valence-electron chi connectivity index (χ1n) is 6.46. The van der Waals surface area contributed by atoms with Crippen molar-refractivity contribution in [1.29, 1.82) is 0 Å². The van der Waals surface area contributed by atoms with Crippen molar-refractivity contribution < 1.29 is 9.90 Å². The highest BCUT2D eigenvalue weighted by Gasteiger charge is 2.37. The molecule has 2 N–H and O–H groups in total. The van der Waals surface area contributed by atoms with Crippen LogP contribution in [0.25, 0.3) is 0 Å². The molecular weight excluding hydrogens is 230 g/mol. The second-order valence-electron chi connectivity index (χ2n) is 5.54. The lowest BCUT2D eigenvalue weighted by Gasteiger charge is -2.24. The van der Waals surface area contributed by atoms with Gasteiger partial charge in [0.25, 0.3) is 0 Å². The number of hydrogen-bond donors (Lipinski definition) is 2. The average Bonchev–Trinajstić information content (AvgIpc) is 2.86. The Hall–Kier alpha value is -1.52. The number of nitrogens with zero attached hydrogens (tertiary/aromatic N) is 2. The van der Waals surface area contributed by atoms with E-state index in [9.17, 15) is 9.90 Å². The van der Waals surface area contributed by atoms with Crippen LogP contribution in [0.4, 0.5) is 0 Å². The van der Waals surface area contributed by atoms with Gasteiger partial charge < -0.3 is 10.4 Å². The third kappa shape index (κ3) is 2.35. The van der Waals surface area contributed by atoms with Crippen LogP contribution in [0, 0.1) is 5.41 Å². The molecule has 0 spiro atoms. The first-order valence-corrected chi connectivity index (χ1v) is 6.46. The van der Waals surface area contributed by atoms with E-state index < -0.39 is 0 Å². The molecule has 1 aliphatic rings. The fourth-order valence-corrected chi connectivity index (χ4v) is 2.62. The van der Waals surface area contributed by atoms with Crippen LogP contribution in [0.15, 0.2) is 6.20 Å². The SMILES string of the molecule is CC(NC(=O)C1(C)CCCC1)c1nn(C)cc1O. The van der Waals surface area contributed by atoms with Gasteiger partial charge in [0.15, 0.2) is 5.75 Å². The van der Waals surface area contributed by atoms with Crippen molar-refractivity contribution in [1.82, 2.24) is 15.1 Å². The molecule has 0 radical (unpaired) electrons. The van der Waals surface area contributed by atoms with Gasteiger partial charge in [-0.05, 0) is 19.8 Å². The Bertz CT molecular complexity index is 447. The third-order valence-electron chi connectivity index (χ3n) is 3.85. The maximum absolute atomic E-state index is 12.2. The van der Waals surface area contributed by atoms with E-state index in [0.717, 1.165) is 25.7 Å². The lowest BCUT2D eigenvalue weighted by molar-refractivity contribution is -0.130. The van der Waals surface area contributed by atoms with Gasteiger partial charge in [-0.25, -0.2) is 0 Å². The first kappa shape index (κ1) is 12.9. The Morgan fingerprint density at radius 2 is 2.17 bits per heavy atom. The van der Waals surface area contributed by atoms with E-state index in [1.165, 1.54) is 6.20 Å². The minimum absolute atomic E-state index is 0.0672. The molecule has 18 heavy (non-hydrogen) atoms. The number of nitrogens with one attached hydrogen (secondary N) is 1. The largest absolute Gasteiger partial charge is 0.504 e. The summed E-state index contributed by atoms with van der Waals surface area (Å²) in [6.07, 6.45) is 5.66. The summed E-state index contributed by atoms with van der Waals surface area (Å²) in [4.78, 5) is 12.2. The molecule has 1 atom stereocenters. The molecule has 100 valence electrons. The molecule has 0 aliphatic heterocycles. The van der Waals surface area contributed by atoms with Gasteiger partial charge >= 0.3 is 0 Å². The lowest BCUT2D eigenvalue weighted by Crippen LogP contribution is -2.38. The molecule has 5 nitrogen and oxygen atoms in total. The van der Waals surface area contributed by atoms with Gasteiger partial charge in [0.05, 0.1) is 12.2 Å². The Kier molecular flexibility index (Phi) is 3.32. The van der Waals surface area contributed by atoms with Crippen LogP contribution >= 0.6 is 0 Å². The summed E-state index contributed by atoms with van der Waals surface area (Å²) in [5, 5.41) is 16.8. The van der Waals surface area contributed by atoms with Crippen LogP contribution in [0.1, 0.15) is 51.3 Å². The Morgan fingerprint density at radius 3 is 2.67 bits per heavy atom. The summed E-state index contributed by atoms with van der Waals surface area (Å²) in [5.74, 6) is 0.194. The zero-order valence-electron chi connectivity index (χ0n) is 11.2. The summed E-state index contributed by atoms with van der Waals surface area (Å²) in [6.45, 7) is 3.86. The van der Waals surface area contributed by atoms with Crippen LogP contribution in [0.3, 0.4) is 0 Å². The summed E-state index contributed by atoms with van der Waals surface area (Å²) in [5.41, 5.74) is 0.269. The fourth-order valence-electron chi connectivity index (χ4n) is 2.62. The topological polar surface area (TPSA) is 67.2 Å². The molecule has 1 aromatic rings. The monoisotopic (exact) mass is 251 g/mol. The maximum atomic E-state index is 12.2. The van der Waals surface area contributed by atoms with E-state index >= 15 is 0 Å². The Morgan fingerprint density at radius 1 is 1.56 bits per heavy atom. The molecule has 1 aromatic heterocycles. The number of carbonyl (C=O) groups excluding carboxylic acids is 1. The third-order valence-corrected chi connectivity index (χ3v) is 3.85. The van der Waals surface area contributed by atoms with Crippen molar-refractivity contribution in [3.63, 3.8) is 0 Å². The number of rotatable bonds is 3. The number of aromatic hydroxyl groups is 1. The number of aryl methyl sites for hydroxylation is 1. The molecule has 5 heteroatoms. The maximum Gasteiger partial charge on any atom is 0.226 e. The van der Waals surface area contributed by atoms with Gasteiger partial charge in [-0.3, -0.25) is 9.48 Å². The van der Waals surface area contributed by atoms with Crippen molar-refractivity contribution in [2.45, 2.75) is 45.6 Å². The minimum Gasteiger partial charge on any atom is -0.504 e. The smallest absolute Gasteiger partial charge is 0.226 e. The Balaban J connectivity index is 2.05. The fraction of sp³-hybridized carbons (Fsp3) is 0.692. The highest BCUT2D eigenvalue weighted by atomic mass is 16.3. The molecule has 1 fully saturated rings. The van der Waals surface area contributed by atoms with Crippen LogP contribution in [0.2, 0.25) is 0 Å². The first-order chi connectivity index (χ1) is 8.42. The van der Waals surface area contributed by atoms with E-state index in [1.54, 1.807) is 11.7 Å². The van der Waals surface area contributed by atoms with E-state index in [1.807, 2.05) is 13.8 Å². The van der Waals surface area contributed by atoms with Crippen molar-refractivity contribution in [3.8, 4) is 5.75 Å². The highest BCUT2D eigenvalue weighted by molar-refractivity contribution is 5.82. The van der Waals surface area contributed by atoms with Crippen molar-refractivity contribution in [2.24, 2.45) is 12.5 Å². The Labute approximate surface area is 107 Å². The van der Waals surface area contributed by atoms with Crippen LogP contribution < -0.4 is 5.32 Å². The van der Waals surface area contributed by atoms with Gasteiger partial charge in [0, 0.05) is 12.5 Å². The van der Waals surface area contributed by atoms with Gasteiger partial charge in [-0.15, -0.1) is 0 Å². The molecule has 0 saturated heterocycles. The molecule has 1 unspecified atom stereocenters. The molecule has 1 heterocycles. The molecule has 0 aromatic carbocycles. The quantitative estimate of drug-likeness (QED) is 0.862. The molecule has 2 rings (SSSR count). The van der Waals surface area contributed by atoms with E-state index in [0.29, 0.717) is 5.69 Å². The second-order valence-corrected chi connectivity index (χ2v) is 5.54. The summed E-state index contributed by atoms with van der Waals surface area (Å²) in [6, 6.07) is -0.267. The number of aromatic nitrogens is 2. The van der Waals surface area contributed by atoms with Crippen LogP contribution in [0.5, 0.6) is 5.75 Å². The van der Waals surface area contributed by atoms with Crippen LogP contribution in [-0.2, 0) is 11.8 Å². The zero-order valence-corrected chi connectivity index (χ0v) is 11.2. The summed E-state index contributed by atoms with van der Waals surface area (Å²) < 4.78 is 1.55. The van der Waals surface area contributed by atoms with Crippen molar-refractivity contribution >= 4 is 5.91 Å². The van der Waals surface area contributed by atoms with Crippen molar-refractivity contribution in [2.75, 3.05) is 0 Å². The summed E-state index contributed by atoms with van der Waals surface area (Å²) in [7, 11) is 1.75. The van der Waals surface area contributed by atoms with Gasteiger partial charge in [0.2, 0.25) is 5.91 Å². The highest BCUT2D eigenvalue weighted by Crippen LogP contribution is 2.38. The second kappa shape index (κ2) is 4.63. The molecule has 1 amide bonds. The zero-order chi connectivity index (χ0) is 13.3. The number of hydrogen-bond acceptors (Lipinski definition) is 3. The predicted octanol–water partition coefficient (Wildman–Crippen LogP) is 1.88. The molecule has 1 aliphatic carbocycles. The van der Waals surface area contributed by atoms with Crippen LogP contribution in [-0.4, -0.2) is 20.8 Å². The standard InChI is InChI=1S/C13H21N3O2/c1-9(11-10(17)8-16(3)15-11)14-12(18)13(2)6-4-5-7-13/h8-9,17H,4-7H2,1-3H3,(H,14,18). The number of amides is 1. The summed E-state index contributed by atoms with van der Waals surface area (Å²) >= 11 is 0. The van der Waals surface area contributed by atoms with Crippen molar-refractivity contribution in [3.05, 3.63) is 11.9 Å². The lowest BCUT2D eigenvalue weighted by atomic mass is 9.87. The van der Waals surface area contributed by atoms with Gasteiger partial charge in [0.1, 0.15) is 5.69 Å². The van der Waals surface area contributed by atoms with Gasteiger partial charge in [-0.1, -0.05) is 19.8 Å². The minimum atomic E-state index is -0.267. The van der Waals surface area contributed by atoms with E-state index in [4.69, 9.17) is 0 Å². The van der Waals surface area contributed by atoms with E-state index in [-0.39, 0.29) is 23.1 Å². The normalized spacial score (nSPS) is 19.7. The number of carbonyl (C=O) groups is 1. The van der Waals surface area contributed by atoms with Gasteiger partial charge in [-0.2, -0.15) is 5.10 Å². The average molecular weight is 251 g/mol. The molecule has 0 bridgehead atoms. The predicted molar refractivity (Wildman–Crippen MR) is 68.0 cm³/mol. The molecular formula is C13H21N3O2.